The Morgan fingerprint density at radius 1 is 1.31 bits per heavy atom. The molecule has 0 saturated heterocycles. The van der Waals surface area contributed by atoms with Crippen LogP contribution in [0.1, 0.15) is 5.56 Å². The lowest BCUT2D eigenvalue weighted by Crippen LogP contribution is -1.97. The summed E-state index contributed by atoms with van der Waals surface area (Å²) in [6, 6.07) is 10.2. The van der Waals surface area contributed by atoms with E-state index in [1.54, 1.807) is 13.3 Å². The molecule has 0 aliphatic heterocycles. The van der Waals surface area contributed by atoms with Crippen LogP contribution in [0.2, 0.25) is 0 Å². The van der Waals surface area contributed by atoms with Crippen molar-refractivity contribution < 1.29 is 4.74 Å². The van der Waals surface area contributed by atoms with Crippen LogP contribution in [-0.4, -0.2) is 17.1 Å². The van der Waals surface area contributed by atoms with Gasteiger partial charge in [0.05, 0.1) is 12.8 Å². The highest BCUT2D eigenvalue weighted by Gasteiger charge is 2.02. The summed E-state index contributed by atoms with van der Waals surface area (Å²) < 4.78 is 4.99. The zero-order valence-electron chi connectivity index (χ0n) is 9.05. The van der Waals surface area contributed by atoms with Gasteiger partial charge < -0.3 is 10.5 Å². The minimum Gasteiger partial charge on any atom is -0.467 e. The molecule has 0 aliphatic carbocycles. The molecule has 1 heterocycles. The van der Waals surface area contributed by atoms with E-state index in [9.17, 15) is 0 Å². The van der Waals surface area contributed by atoms with Crippen LogP contribution >= 0.6 is 0 Å². The van der Waals surface area contributed by atoms with Crippen LogP contribution < -0.4 is 10.5 Å². The molecule has 2 N–H and O–H groups in total. The molecule has 0 atom stereocenters. The second-order valence-corrected chi connectivity index (χ2v) is 3.33. The molecule has 0 saturated carbocycles. The zero-order valence-corrected chi connectivity index (χ0v) is 9.05. The van der Waals surface area contributed by atoms with Crippen LogP contribution in [-0.2, 0) is 6.54 Å². The lowest BCUT2D eigenvalue weighted by Gasteiger charge is -2.04. The van der Waals surface area contributed by atoms with Crippen molar-refractivity contribution in [1.82, 2.24) is 9.97 Å². The molecule has 82 valence electrons. The Kier molecular flexibility index (Phi) is 3.12. The Labute approximate surface area is 94.1 Å². The van der Waals surface area contributed by atoms with Gasteiger partial charge in [-0.1, -0.05) is 18.2 Å². The fraction of sp³-hybridized carbons (Fsp3) is 0.167. The SMILES string of the molecule is COc1nccc(-c2cccc(CN)c2)n1. The van der Waals surface area contributed by atoms with Crippen LogP contribution in [0.25, 0.3) is 11.3 Å². The van der Waals surface area contributed by atoms with Crippen molar-refractivity contribution in [3.05, 3.63) is 42.1 Å². The van der Waals surface area contributed by atoms with E-state index in [0.717, 1.165) is 16.8 Å². The number of benzene rings is 1. The van der Waals surface area contributed by atoms with Gasteiger partial charge in [-0.05, 0) is 17.7 Å². The van der Waals surface area contributed by atoms with Crippen LogP contribution in [0.15, 0.2) is 36.5 Å². The van der Waals surface area contributed by atoms with Gasteiger partial charge in [0.25, 0.3) is 0 Å². The average Bonchev–Trinajstić information content (AvgIpc) is 2.39. The van der Waals surface area contributed by atoms with E-state index in [1.807, 2.05) is 30.3 Å². The first-order valence-corrected chi connectivity index (χ1v) is 5.00. The van der Waals surface area contributed by atoms with Gasteiger partial charge >= 0.3 is 6.01 Å². The molecule has 4 heteroatoms. The minimum atomic E-state index is 0.371. The monoisotopic (exact) mass is 215 g/mol. The molecule has 2 aromatic rings. The molecule has 4 nitrogen and oxygen atoms in total. The Hall–Kier alpha value is -1.94. The van der Waals surface area contributed by atoms with Gasteiger partial charge in [0.15, 0.2) is 0 Å². The van der Waals surface area contributed by atoms with Gasteiger partial charge in [0.1, 0.15) is 0 Å². The highest BCUT2D eigenvalue weighted by atomic mass is 16.5. The molecular formula is C12H13N3O. The maximum atomic E-state index is 5.60. The maximum Gasteiger partial charge on any atom is 0.316 e. The summed E-state index contributed by atoms with van der Waals surface area (Å²) in [6.07, 6.45) is 1.68. The number of rotatable bonds is 3. The fourth-order valence-electron chi connectivity index (χ4n) is 1.46. The van der Waals surface area contributed by atoms with E-state index in [2.05, 4.69) is 9.97 Å². The molecule has 0 spiro atoms. The smallest absolute Gasteiger partial charge is 0.316 e. The molecule has 0 unspecified atom stereocenters. The molecule has 1 aromatic carbocycles. The van der Waals surface area contributed by atoms with E-state index in [-0.39, 0.29) is 0 Å². The Morgan fingerprint density at radius 2 is 2.19 bits per heavy atom. The number of methoxy groups -OCH3 is 1. The summed E-state index contributed by atoms with van der Waals surface area (Å²) in [4.78, 5) is 8.23. The molecule has 2 rings (SSSR count). The van der Waals surface area contributed by atoms with Gasteiger partial charge in [-0.3, -0.25) is 0 Å². The molecule has 0 fully saturated rings. The summed E-state index contributed by atoms with van der Waals surface area (Å²) in [6.45, 7) is 0.524. The molecule has 16 heavy (non-hydrogen) atoms. The molecule has 0 radical (unpaired) electrons. The summed E-state index contributed by atoms with van der Waals surface area (Å²) in [5, 5.41) is 0. The van der Waals surface area contributed by atoms with Gasteiger partial charge in [-0.15, -0.1) is 0 Å². The van der Waals surface area contributed by atoms with Crippen LogP contribution in [0.5, 0.6) is 6.01 Å². The van der Waals surface area contributed by atoms with Crippen LogP contribution in [0.4, 0.5) is 0 Å². The Bertz CT molecular complexity index is 440. The summed E-state index contributed by atoms with van der Waals surface area (Å²) in [5.41, 5.74) is 8.53. The highest BCUT2D eigenvalue weighted by molar-refractivity contribution is 5.59. The summed E-state index contributed by atoms with van der Waals surface area (Å²) in [5.74, 6) is 0. The third-order valence-electron chi connectivity index (χ3n) is 2.27. The molecule has 0 bridgehead atoms. The number of nitrogens with zero attached hydrogens (tertiary/aromatic N) is 2. The van der Waals surface area contributed by atoms with Gasteiger partial charge in [-0.25, -0.2) is 4.98 Å². The molecular weight excluding hydrogens is 202 g/mol. The van der Waals surface area contributed by atoms with E-state index in [4.69, 9.17) is 10.5 Å². The summed E-state index contributed by atoms with van der Waals surface area (Å²) in [7, 11) is 1.55. The fourth-order valence-corrected chi connectivity index (χ4v) is 1.46. The second-order valence-electron chi connectivity index (χ2n) is 3.33. The zero-order chi connectivity index (χ0) is 11.4. The van der Waals surface area contributed by atoms with Crippen molar-refractivity contribution in [1.29, 1.82) is 0 Å². The lowest BCUT2D eigenvalue weighted by molar-refractivity contribution is 0.380. The van der Waals surface area contributed by atoms with Crippen molar-refractivity contribution in [2.24, 2.45) is 5.73 Å². The first-order chi connectivity index (χ1) is 7.83. The molecule has 0 aliphatic rings. The lowest BCUT2D eigenvalue weighted by atomic mass is 10.1. The maximum absolute atomic E-state index is 5.60. The van der Waals surface area contributed by atoms with Gasteiger partial charge in [-0.2, -0.15) is 4.98 Å². The number of ether oxygens (including phenoxy) is 1. The highest BCUT2D eigenvalue weighted by Crippen LogP contribution is 2.19. The van der Waals surface area contributed by atoms with Crippen LogP contribution in [0.3, 0.4) is 0 Å². The minimum absolute atomic E-state index is 0.371. The number of aromatic nitrogens is 2. The Morgan fingerprint density at radius 3 is 2.94 bits per heavy atom. The third kappa shape index (κ3) is 2.17. The third-order valence-corrected chi connectivity index (χ3v) is 2.27. The van der Waals surface area contributed by atoms with Crippen LogP contribution in [0, 0.1) is 0 Å². The van der Waals surface area contributed by atoms with Crippen molar-refractivity contribution in [3.63, 3.8) is 0 Å². The predicted octanol–water partition coefficient (Wildman–Crippen LogP) is 1.61. The quantitative estimate of drug-likeness (QED) is 0.845. The normalized spacial score (nSPS) is 10.1. The van der Waals surface area contributed by atoms with E-state index in [0.29, 0.717) is 12.6 Å². The average molecular weight is 215 g/mol. The first-order valence-electron chi connectivity index (χ1n) is 5.00. The first kappa shape index (κ1) is 10.6. The Balaban J connectivity index is 2.41. The number of hydrogen-bond acceptors (Lipinski definition) is 4. The number of nitrogens with two attached hydrogens (primary N) is 1. The van der Waals surface area contributed by atoms with Gasteiger partial charge in [0.2, 0.25) is 0 Å². The van der Waals surface area contributed by atoms with Crippen molar-refractivity contribution in [3.8, 4) is 17.3 Å². The number of hydrogen-bond donors (Lipinski definition) is 1. The standard InChI is InChI=1S/C12H13N3O/c1-16-12-14-6-5-11(15-12)10-4-2-3-9(7-10)8-13/h2-7H,8,13H2,1H3. The largest absolute Gasteiger partial charge is 0.467 e. The van der Waals surface area contributed by atoms with Crippen molar-refractivity contribution in [2.45, 2.75) is 6.54 Å². The van der Waals surface area contributed by atoms with E-state index >= 15 is 0 Å². The van der Waals surface area contributed by atoms with Gasteiger partial charge in [0, 0.05) is 18.3 Å². The van der Waals surface area contributed by atoms with Crippen molar-refractivity contribution >= 4 is 0 Å². The molecule has 0 amide bonds. The topological polar surface area (TPSA) is 61.0 Å². The predicted molar refractivity (Wildman–Crippen MR) is 61.9 cm³/mol. The molecule has 1 aromatic heterocycles. The summed E-state index contributed by atoms with van der Waals surface area (Å²) >= 11 is 0. The van der Waals surface area contributed by atoms with Crippen molar-refractivity contribution in [2.75, 3.05) is 7.11 Å². The van der Waals surface area contributed by atoms with E-state index in [1.165, 1.54) is 0 Å². The van der Waals surface area contributed by atoms with E-state index < -0.39 is 0 Å². The second kappa shape index (κ2) is 4.72.